The maximum absolute atomic E-state index is 13.5. The van der Waals surface area contributed by atoms with Gasteiger partial charge in [-0.25, -0.2) is 0 Å². The average Bonchev–Trinajstić information content (AvgIpc) is 3.15. The Balaban J connectivity index is 2.09. The van der Waals surface area contributed by atoms with Gasteiger partial charge in [-0.2, -0.15) is 0 Å². The third-order valence-corrected chi connectivity index (χ3v) is 6.17. The molecule has 3 rings (SSSR count). The Morgan fingerprint density at radius 1 is 1.12 bits per heavy atom. The van der Waals surface area contributed by atoms with Crippen LogP contribution in [0.3, 0.4) is 0 Å². The summed E-state index contributed by atoms with van der Waals surface area (Å²) in [7, 11) is 6.43. The number of ether oxygens (including phenoxy) is 3. The summed E-state index contributed by atoms with van der Waals surface area (Å²) in [6.45, 7) is -0.382. The maximum atomic E-state index is 13.5. The van der Waals surface area contributed by atoms with E-state index in [9.17, 15) is 15.0 Å². The number of carbonyl (C=O) groups is 1. The summed E-state index contributed by atoms with van der Waals surface area (Å²) < 4.78 is 18.1. The van der Waals surface area contributed by atoms with Crippen molar-refractivity contribution in [3.63, 3.8) is 0 Å². The molecule has 1 unspecified atom stereocenters. The number of thioether (sulfide) groups is 1. The van der Waals surface area contributed by atoms with Gasteiger partial charge in [0.25, 0.3) is 0 Å². The predicted molar refractivity (Wildman–Crippen MR) is 127 cm³/mol. The van der Waals surface area contributed by atoms with Crippen molar-refractivity contribution in [1.82, 2.24) is 4.57 Å². The van der Waals surface area contributed by atoms with Gasteiger partial charge in [0.05, 0.1) is 38.9 Å². The van der Waals surface area contributed by atoms with Crippen LogP contribution in [0.25, 0.3) is 17.0 Å². The number of methoxy groups -OCH3 is 3. The smallest absolute Gasteiger partial charge is 0.203 e. The number of fused-ring (bicyclic) bond motifs is 1. The molecule has 2 N–H and O–H groups in total. The van der Waals surface area contributed by atoms with Crippen LogP contribution in [0, 0.1) is 0 Å². The van der Waals surface area contributed by atoms with E-state index in [1.807, 2.05) is 48.2 Å². The second-order valence-corrected chi connectivity index (χ2v) is 8.17. The zero-order valence-electron chi connectivity index (χ0n) is 18.5. The fourth-order valence-electron chi connectivity index (χ4n) is 3.40. The maximum Gasteiger partial charge on any atom is 0.203 e. The van der Waals surface area contributed by atoms with Crippen LogP contribution in [-0.2, 0) is 7.05 Å². The largest absolute Gasteiger partial charge is 0.493 e. The molecule has 0 saturated heterocycles. The molecule has 2 aromatic carbocycles. The monoisotopic (exact) mass is 457 g/mol. The van der Waals surface area contributed by atoms with E-state index in [0.717, 1.165) is 16.5 Å². The van der Waals surface area contributed by atoms with Crippen molar-refractivity contribution in [2.45, 2.75) is 6.10 Å². The molecule has 1 heterocycles. The molecule has 1 atom stereocenters. The fraction of sp³-hybridized carbons (Fsp3) is 0.292. The summed E-state index contributed by atoms with van der Waals surface area (Å²) in [4.78, 5) is 14.0. The SMILES string of the molecule is COc1cc(C(=O)C(=Cc2cn(C)c3ccccc23)SCC(O)CO)cc(OC)c1OC. The lowest BCUT2D eigenvalue weighted by molar-refractivity contribution is 0.104. The molecule has 0 bridgehead atoms. The molecule has 8 heteroatoms. The lowest BCUT2D eigenvalue weighted by Crippen LogP contribution is -2.16. The lowest BCUT2D eigenvalue weighted by Gasteiger charge is -2.15. The summed E-state index contributed by atoms with van der Waals surface area (Å²) in [6.07, 6.45) is 2.82. The van der Waals surface area contributed by atoms with Gasteiger partial charge in [-0.1, -0.05) is 18.2 Å². The number of para-hydroxylation sites is 1. The Morgan fingerprint density at radius 3 is 2.38 bits per heavy atom. The first kappa shape index (κ1) is 23.7. The van der Waals surface area contributed by atoms with Gasteiger partial charge >= 0.3 is 0 Å². The second kappa shape index (κ2) is 10.6. The van der Waals surface area contributed by atoms with E-state index in [0.29, 0.717) is 27.7 Å². The molecule has 7 nitrogen and oxygen atoms in total. The standard InChI is InChI=1S/C24H27NO6S/c1-25-12-16(18-7-5-6-8-19(18)25)11-22(32-14-17(27)13-26)23(28)15-9-20(29-2)24(31-4)21(10-15)30-3/h5-12,17,26-27H,13-14H2,1-4H3. The lowest BCUT2D eigenvalue weighted by atomic mass is 10.1. The first-order valence-corrected chi connectivity index (χ1v) is 10.9. The Morgan fingerprint density at radius 2 is 1.78 bits per heavy atom. The highest BCUT2D eigenvalue weighted by Gasteiger charge is 2.21. The fourth-order valence-corrected chi connectivity index (χ4v) is 4.33. The van der Waals surface area contributed by atoms with Crippen LogP contribution in [0.4, 0.5) is 0 Å². The zero-order chi connectivity index (χ0) is 23.3. The van der Waals surface area contributed by atoms with Crippen molar-refractivity contribution in [2.75, 3.05) is 33.7 Å². The van der Waals surface area contributed by atoms with Gasteiger partial charge in [-0.05, 0) is 24.3 Å². The van der Waals surface area contributed by atoms with Crippen LogP contribution >= 0.6 is 11.8 Å². The van der Waals surface area contributed by atoms with Crippen molar-refractivity contribution >= 4 is 34.5 Å². The molecule has 170 valence electrons. The quantitative estimate of drug-likeness (QED) is 0.356. The molecule has 3 aromatic rings. The number of hydrogen-bond donors (Lipinski definition) is 2. The van der Waals surface area contributed by atoms with E-state index in [-0.39, 0.29) is 18.1 Å². The Bertz CT molecular complexity index is 1110. The van der Waals surface area contributed by atoms with E-state index in [4.69, 9.17) is 14.2 Å². The number of Topliss-reactive ketones (excluding diaryl/α,β-unsaturated/α-hetero) is 1. The van der Waals surface area contributed by atoms with Gasteiger partial charge in [0, 0.05) is 41.0 Å². The molecule has 0 radical (unpaired) electrons. The van der Waals surface area contributed by atoms with Crippen LogP contribution in [-0.4, -0.2) is 60.4 Å². The molecule has 0 amide bonds. The third kappa shape index (κ3) is 4.93. The summed E-state index contributed by atoms with van der Waals surface area (Å²) in [5.41, 5.74) is 2.28. The predicted octanol–water partition coefficient (Wildman–Crippen LogP) is 3.51. The van der Waals surface area contributed by atoms with E-state index in [2.05, 4.69) is 0 Å². The molecule has 0 aliphatic carbocycles. The minimum atomic E-state index is -0.941. The van der Waals surface area contributed by atoms with E-state index >= 15 is 0 Å². The van der Waals surface area contributed by atoms with Crippen LogP contribution in [0.1, 0.15) is 15.9 Å². The number of aliphatic hydroxyl groups is 2. The van der Waals surface area contributed by atoms with Gasteiger partial charge in [-0.15, -0.1) is 11.8 Å². The summed E-state index contributed by atoms with van der Waals surface area (Å²) >= 11 is 1.19. The van der Waals surface area contributed by atoms with Crippen molar-refractivity contribution < 1.29 is 29.2 Å². The van der Waals surface area contributed by atoms with Gasteiger partial charge < -0.3 is 29.0 Å². The van der Waals surface area contributed by atoms with Gasteiger partial charge in [0.1, 0.15) is 0 Å². The first-order chi connectivity index (χ1) is 15.4. The highest BCUT2D eigenvalue weighted by Crippen LogP contribution is 2.39. The summed E-state index contributed by atoms with van der Waals surface area (Å²) in [6, 6.07) is 11.1. The van der Waals surface area contributed by atoms with Gasteiger partial charge in [0.2, 0.25) is 5.75 Å². The molecule has 0 aliphatic rings. The normalized spacial score (nSPS) is 12.6. The number of carbonyl (C=O) groups excluding carboxylic acids is 1. The minimum Gasteiger partial charge on any atom is -0.493 e. The molecule has 0 aliphatic heterocycles. The molecule has 32 heavy (non-hydrogen) atoms. The number of aromatic nitrogens is 1. The number of hydrogen-bond acceptors (Lipinski definition) is 7. The number of allylic oxidation sites excluding steroid dienone is 1. The Labute approximate surface area is 191 Å². The molecule has 0 fully saturated rings. The average molecular weight is 458 g/mol. The third-order valence-electron chi connectivity index (χ3n) is 5.01. The van der Waals surface area contributed by atoms with Gasteiger partial charge in [0.15, 0.2) is 17.3 Å². The highest BCUT2D eigenvalue weighted by molar-refractivity contribution is 8.04. The van der Waals surface area contributed by atoms with Crippen molar-refractivity contribution in [2.24, 2.45) is 7.05 Å². The molecule has 0 spiro atoms. The van der Waals surface area contributed by atoms with Crippen LogP contribution in [0.5, 0.6) is 17.2 Å². The van der Waals surface area contributed by atoms with Crippen LogP contribution in [0.15, 0.2) is 47.5 Å². The summed E-state index contributed by atoms with van der Waals surface area (Å²) in [5, 5.41) is 20.1. The minimum absolute atomic E-state index is 0.170. The van der Waals surface area contributed by atoms with E-state index in [1.54, 1.807) is 12.1 Å². The van der Waals surface area contributed by atoms with Crippen LogP contribution in [0.2, 0.25) is 0 Å². The first-order valence-electron chi connectivity index (χ1n) is 9.95. The highest BCUT2D eigenvalue weighted by atomic mass is 32.2. The van der Waals surface area contributed by atoms with Gasteiger partial charge in [-0.3, -0.25) is 4.79 Å². The number of nitrogens with zero attached hydrogens (tertiary/aromatic N) is 1. The van der Waals surface area contributed by atoms with Crippen molar-refractivity contribution in [3.8, 4) is 17.2 Å². The van der Waals surface area contributed by atoms with Crippen molar-refractivity contribution in [3.05, 3.63) is 58.6 Å². The van der Waals surface area contributed by atoms with E-state index < -0.39 is 6.10 Å². The second-order valence-electron chi connectivity index (χ2n) is 7.11. The number of aryl methyl sites for hydroxylation is 1. The number of benzene rings is 2. The zero-order valence-corrected chi connectivity index (χ0v) is 19.3. The molecular weight excluding hydrogens is 430 g/mol. The van der Waals surface area contributed by atoms with Crippen molar-refractivity contribution in [1.29, 1.82) is 0 Å². The number of rotatable bonds is 10. The summed E-state index contributed by atoms with van der Waals surface area (Å²) in [5.74, 6) is 1.06. The number of ketones is 1. The molecular formula is C24H27NO6S. The Hall–Kier alpha value is -2.94. The Kier molecular flexibility index (Phi) is 7.84. The molecule has 1 aromatic heterocycles. The number of aliphatic hydroxyl groups excluding tert-OH is 2. The molecule has 0 saturated carbocycles. The van der Waals surface area contributed by atoms with Crippen LogP contribution < -0.4 is 14.2 Å². The van der Waals surface area contributed by atoms with E-state index in [1.165, 1.54) is 33.1 Å². The topological polar surface area (TPSA) is 90.2 Å².